The van der Waals surface area contributed by atoms with Gasteiger partial charge in [-0.15, -0.1) is 0 Å². The van der Waals surface area contributed by atoms with E-state index in [1.807, 2.05) is 24.4 Å². The molecule has 0 aromatic carbocycles. The lowest BCUT2D eigenvalue weighted by atomic mass is 10.3. The van der Waals surface area contributed by atoms with Crippen molar-refractivity contribution in [3.8, 4) is 11.5 Å². The molecule has 1 aliphatic heterocycles. The van der Waals surface area contributed by atoms with E-state index >= 15 is 0 Å². The first-order chi connectivity index (χ1) is 9.79. The van der Waals surface area contributed by atoms with Gasteiger partial charge in [0, 0.05) is 36.9 Å². The number of pyridine rings is 1. The number of H-pyrrole nitrogens is 1. The van der Waals surface area contributed by atoms with E-state index in [0.717, 1.165) is 36.8 Å². The molecule has 2 aromatic rings. The maximum Gasteiger partial charge on any atom is 0.156 e. The summed E-state index contributed by atoms with van der Waals surface area (Å²) in [6.07, 6.45) is 5.55. The van der Waals surface area contributed by atoms with Gasteiger partial charge in [-0.25, -0.2) is 9.97 Å². The standard InChI is InChI=1S/C15H19N5/c16-11-6-7-20(9-11)14-3-1-2-12(18-14)15-17-8-13(19-15)10-4-5-10/h1-3,8,10-11H,4-7,9,16H2,(H,17,19)/t11-/m1/s1. The van der Waals surface area contributed by atoms with Crippen molar-refractivity contribution in [3.05, 3.63) is 30.1 Å². The van der Waals surface area contributed by atoms with Crippen LogP contribution in [-0.4, -0.2) is 34.1 Å². The number of hydrogen-bond donors (Lipinski definition) is 2. The number of hydrogen-bond acceptors (Lipinski definition) is 4. The molecule has 20 heavy (non-hydrogen) atoms. The molecule has 4 rings (SSSR count). The topological polar surface area (TPSA) is 70.8 Å². The van der Waals surface area contributed by atoms with Gasteiger partial charge in [-0.2, -0.15) is 0 Å². The molecular formula is C15H19N5. The van der Waals surface area contributed by atoms with Crippen LogP contribution in [0.3, 0.4) is 0 Å². The van der Waals surface area contributed by atoms with E-state index in [0.29, 0.717) is 5.92 Å². The van der Waals surface area contributed by atoms with Crippen molar-refractivity contribution in [1.82, 2.24) is 15.0 Å². The van der Waals surface area contributed by atoms with Crippen LogP contribution in [-0.2, 0) is 0 Å². The second-order valence-corrected chi connectivity index (χ2v) is 5.84. The molecule has 0 amide bonds. The molecule has 2 fully saturated rings. The van der Waals surface area contributed by atoms with Gasteiger partial charge in [0.05, 0.1) is 0 Å². The van der Waals surface area contributed by atoms with E-state index in [2.05, 4.69) is 14.9 Å². The van der Waals surface area contributed by atoms with E-state index in [9.17, 15) is 0 Å². The Morgan fingerprint density at radius 1 is 1.25 bits per heavy atom. The van der Waals surface area contributed by atoms with Crippen molar-refractivity contribution in [3.63, 3.8) is 0 Å². The minimum Gasteiger partial charge on any atom is -0.355 e. The van der Waals surface area contributed by atoms with Crippen LogP contribution in [0.2, 0.25) is 0 Å². The van der Waals surface area contributed by atoms with Gasteiger partial charge in [0.15, 0.2) is 5.82 Å². The van der Waals surface area contributed by atoms with Crippen LogP contribution in [0.25, 0.3) is 11.5 Å². The zero-order chi connectivity index (χ0) is 13.5. The molecule has 1 aliphatic carbocycles. The summed E-state index contributed by atoms with van der Waals surface area (Å²) in [5.74, 6) is 2.56. The van der Waals surface area contributed by atoms with E-state index in [1.54, 1.807) is 0 Å². The highest BCUT2D eigenvalue weighted by Crippen LogP contribution is 2.39. The summed E-state index contributed by atoms with van der Waals surface area (Å²) in [5, 5.41) is 0. The summed E-state index contributed by atoms with van der Waals surface area (Å²) in [5.41, 5.74) is 8.12. The fourth-order valence-corrected chi connectivity index (χ4v) is 2.79. The first kappa shape index (κ1) is 11.9. The maximum atomic E-state index is 5.97. The van der Waals surface area contributed by atoms with Gasteiger partial charge >= 0.3 is 0 Å². The van der Waals surface area contributed by atoms with E-state index < -0.39 is 0 Å². The van der Waals surface area contributed by atoms with Crippen molar-refractivity contribution < 1.29 is 0 Å². The van der Waals surface area contributed by atoms with Crippen LogP contribution in [0, 0.1) is 0 Å². The molecule has 2 aromatic heterocycles. The number of imidazole rings is 1. The first-order valence-corrected chi connectivity index (χ1v) is 7.32. The Kier molecular flexibility index (Phi) is 2.73. The predicted octanol–water partition coefficient (Wildman–Crippen LogP) is 1.89. The summed E-state index contributed by atoms with van der Waals surface area (Å²) < 4.78 is 0. The minimum absolute atomic E-state index is 0.269. The monoisotopic (exact) mass is 269 g/mol. The lowest BCUT2D eigenvalue weighted by Gasteiger charge is -2.17. The highest BCUT2D eigenvalue weighted by molar-refractivity contribution is 5.55. The van der Waals surface area contributed by atoms with Gasteiger partial charge in [-0.1, -0.05) is 6.07 Å². The molecular weight excluding hydrogens is 250 g/mol. The van der Waals surface area contributed by atoms with E-state index in [1.165, 1.54) is 18.5 Å². The number of nitrogens with two attached hydrogens (primary N) is 1. The molecule has 104 valence electrons. The number of rotatable bonds is 3. The van der Waals surface area contributed by atoms with Crippen LogP contribution in [0.15, 0.2) is 24.4 Å². The third-order valence-electron chi connectivity index (χ3n) is 4.14. The minimum atomic E-state index is 0.269. The SMILES string of the molecule is N[C@@H]1CCN(c2cccc(-c3ncc(C4CC4)[nH]3)n2)C1. The fraction of sp³-hybridized carbons (Fsp3) is 0.467. The predicted molar refractivity (Wildman–Crippen MR) is 78.6 cm³/mol. The molecule has 1 atom stereocenters. The molecule has 0 radical (unpaired) electrons. The fourth-order valence-electron chi connectivity index (χ4n) is 2.79. The number of nitrogens with one attached hydrogen (secondary N) is 1. The summed E-state index contributed by atoms with van der Waals surface area (Å²) in [6, 6.07) is 6.37. The normalized spacial score (nSPS) is 22.4. The first-order valence-electron chi connectivity index (χ1n) is 7.32. The maximum absolute atomic E-state index is 5.97. The lowest BCUT2D eigenvalue weighted by molar-refractivity contribution is 0.751. The highest BCUT2D eigenvalue weighted by Gasteiger charge is 2.26. The highest BCUT2D eigenvalue weighted by atomic mass is 15.2. The Balaban J connectivity index is 1.61. The number of aromatic nitrogens is 3. The van der Waals surface area contributed by atoms with Gasteiger partial charge in [0.2, 0.25) is 0 Å². The number of aromatic amines is 1. The Morgan fingerprint density at radius 2 is 2.15 bits per heavy atom. The van der Waals surface area contributed by atoms with Crippen LogP contribution < -0.4 is 10.6 Å². The molecule has 0 unspecified atom stereocenters. The quantitative estimate of drug-likeness (QED) is 0.892. The van der Waals surface area contributed by atoms with Gasteiger partial charge < -0.3 is 15.6 Å². The average molecular weight is 269 g/mol. The summed E-state index contributed by atoms with van der Waals surface area (Å²) in [7, 11) is 0. The Labute approximate surface area is 118 Å². The third-order valence-corrected chi connectivity index (χ3v) is 4.14. The van der Waals surface area contributed by atoms with Gasteiger partial charge in [-0.05, 0) is 31.4 Å². The smallest absolute Gasteiger partial charge is 0.156 e. The largest absolute Gasteiger partial charge is 0.355 e. The van der Waals surface area contributed by atoms with Crippen molar-refractivity contribution in [2.45, 2.75) is 31.2 Å². The molecule has 1 saturated heterocycles. The van der Waals surface area contributed by atoms with Crippen LogP contribution in [0.5, 0.6) is 0 Å². The third kappa shape index (κ3) is 2.18. The van der Waals surface area contributed by atoms with Crippen molar-refractivity contribution in [2.24, 2.45) is 5.73 Å². The Hall–Kier alpha value is -1.88. The van der Waals surface area contributed by atoms with Crippen molar-refractivity contribution in [1.29, 1.82) is 0 Å². The summed E-state index contributed by atoms with van der Waals surface area (Å²) >= 11 is 0. The summed E-state index contributed by atoms with van der Waals surface area (Å²) in [4.78, 5) is 14.8. The van der Waals surface area contributed by atoms with Crippen molar-refractivity contribution in [2.75, 3.05) is 18.0 Å². The molecule has 3 N–H and O–H groups in total. The second-order valence-electron chi connectivity index (χ2n) is 5.84. The van der Waals surface area contributed by atoms with Crippen LogP contribution >= 0.6 is 0 Å². The van der Waals surface area contributed by atoms with Crippen molar-refractivity contribution >= 4 is 5.82 Å². The molecule has 5 nitrogen and oxygen atoms in total. The molecule has 0 bridgehead atoms. The lowest BCUT2D eigenvalue weighted by Crippen LogP contribution is -2.26. The zero-order valence-electron chi connectivity index (χ0n) is 11.4. The van der Waals surface area contributed by atoms with Crippen LogP contribution in [0.4, 0.5) is 5.82 Å². The molecule has 0 spiro atoms. The number of anilines is 1. The summed E-state index contributed by atoms with van der Waals surface area (Å²) in [6.45, 7) is 1.88. The molecule has 3 heterocycles. The second kappa shape index (κ2) is 4.59. The van der Waals surface area contributed by atoms with Gasteiger partial charge in [-0.3, -0.25) is 0 Å². The van der Waals surface area contributed by atoms with E-state index in [4.69, 9.17) is 10.7 Å². The molecule has 5 heteroatoms. The Morgan fingerprint density at radius 3 is 2.90 bits per heavy atom. The molecule has 2 aliphatic rings. The van der Waals surface area contributed by atoms with E-state index in [-0.39, 0.29) is 6.04 Å². The Bertz CT molecular complexity index is 616. The van der Waals surface area contributed by atoms with Crippen LogP contribution in [0.1, 0.15) is 30.9 Å². The van der Waals surface area contributed by atoms with Gasteiger partial charge in [0.1, 0.15) is 11.5 Å². The zero-order valence-corrected chi connectivity index (χ0v) is 11.4. The average Bonchev–Trinajstić information content (AvgIpc) is 3.04. The molecule has 1 saturated carbocycles. The number of nitrogens with zero attached hydrogens (tertiary/aromatic N) is 3. The van der Waals surface area contributed by atoms with Gasteiger partial charge in [0.25, 0.3) is 0 Å².